The van der Waals surface area contributed by atoms with Gasteiger partial charge in [-0.3, -0.25) is 9.78 Å². The van der Waals surface area contributed by atoms with E-state index in [0.29, 0.717) is 50.7 Å². The van der Waals surface area contributed by atoms with Gasteiger partial charge in [0.1, 0.15) is 11.9 Å². The van der Waals surface area contributed by atoms with Crippen LogP contribution in [-0.4, -0.2) is 72.7 Å². The van der Waals surface area contributed by atoms with Crippen LogP contribution in [0.1, 0.15) is 46.5 Å². The van der Waals surface area contributed by atoms with Crippen molar-refractivity contribution in [2.45, 2.75) is 57.8 Å². The van der Waals surface area contributed by atoms with E-state index in [-0.39, 0.29) is 17.9 Å². The molecule has 1 N–H and O–H groups in total. The predicted molar refractivity (Wildman–Crippen MR) is 142 cm³/mol. The number of carbonyl (C=O) groups excluding carboxylic acids is 1. The lowest BCUT2D eigenvalue weighted by Crippen LogP contribution is -2.44. The van der Waals surface area contributed by atoms with E-state index in [4.69, 9.17) is 9.47 Å². The van der Waals surface area contributed by atoms with Gasteiger partial charge in [-0.1, -0.05) is 12.1 Å². The number of anilines is 2. The fourth-order valence-electron chi connectivity index (χ4n) is 4.71. The van der Waals surface area contributed by atoms with Crippen LogP contribution in [0.5, 0.6) is 11.5 Å². The molecule has 0 radical (unpaired) electrons. The van der Waals surface area contributed by atoms with Gasteiger partial charge in [0.05, 0.1) is 30.8 Å². The van der Waals surface area contributed by atoms with Gasteiger partial charge in [0.2, 0.25) is 15.9 Å². The quantitative estimate of drug-likeness (QED) is 0.524. The number of para-hydroxylation sites is 2. The van der Waals surface area contributed by atoms with Crippen LogP contribution in [0, 0.1) is 5.92 Å². The molecule has 1 aromatic carbocycles. The van der Waals surface area contributed by atoms with Gasteiger partial charge in [-0.25, -0.2) is 17.7 Å². The van der Waals surface area contributed by atoms with Gasteiger partial charge in [0, 0.05) is 25.6 Å². The van der Waals surface area contributed by atoms with E-state index in [0.717, 1.165) is 30.9 Å². The predicted octanol–water partition coefficient (Wildman–Crippen LogP) is 3.31. The Morgan fingerprint density at radius 1 is 1.11 bits per heavy atom. The molecule has 1 amide bonds. The fraction of sp³-hybridized carbons (Fsp3) is 0.577. The normalized spacial score (nSPS) is 19.6. The van der Waals surface area contributed by atoms with Crippen molar-refractivity contribution >= 4 is 27.6 Å². The van der Waals surface area contributed by atoms with E-state index in [9.17, 15) is 13.2 Å². The Balaban J connectivity index is 1.34. The molecule has 0 bridgehead atoms. The number of aromatic nitrogens is 2. The number of sulfonamides is 1. The van der Waals surface area contributed by atoms with Crippen molar-refractivity contribution < 1.29 is 22.7 Å². The Labute approximate surface area is 219 Å². The summed E-state index contributed by atoms with van der Waals surface area (Å²) in [6.45, 7) is 8.05. The number of nitrogens with one attached hydrogen (secondary N) is 1. The first-order valence-electron chi connectivity index (χ1n) is 13.0. The van der Waals surface area contributed by atoms with Crippen LogP contribution in [0.3, 0.4) is 0 Å². The number of amides is 1. The number of carbonyl (C=O) groups is 1. The number of benzene rings is 1. The zero-order chi connectivity index (χ0) is 26.4. The second-order valence-electron chi connectivity index (χ2n) is 9.73. The third-order valence-corrected chi connectivity index (χ3v) is 9.07. The molecule has 2 fully saturated rings. The highest BCUT2D eigenvalue weighted by Crippen LogP contribution is 2.30. The third-order valence-electron chi connectivity index (χ3n) is 6.80. The van der Waals surface area contributed by atoms with Gasteiger partial charge in [0.25, 0.3) is 0 Å². The highest BCUT2D eigenvalue weighted by molar-refractivity contribution is 7.89. The molecule has 3 heterocycles. The average Bonchev–Trinajstić information content (AvgIpc) is 2.90. The Kier molecular flexibility index (Phi) is 8.86. The minimum atomic E-state index is -3.30. The highest BCUT2D eigenvalue weighted by atomic mass is 32.2. The van der Waals surface area contributed by atoms with Gasteiger partial charge in [-0.2, -0.15) is 0 Å². The number of piperidine rings is 2. The molecule has 0 aliphatic carbocycles. The van der Waals surface area contributed by atoms with E-state index < -0.39 is 15.3 Å². The molecule has 37 heavy (non-hydrogen) atoms. The van der Waals surface area contributed by atoms with Gasteiger partial charge in [-0.15, -0.1) is 0 Å². The number of rotatable bonds is 9. The largest absolute Gasteiger partial charge is 0.490 e. The third kappa shape index (κ3) is 6.70. The maximum Gasteiger partial charge on any atom is 0.228 e. The molecule has 1 aromatic heterocycles. The molecule has 2 aliphatic heterocycles. The first-order chi connectivity index (χ1) is 17.8. The first-order valence-corrected chi connectivity index (χ1v) is 14.5. The van der Waals surface area contributed by atoms with Crippen LogP contribution in [0.4, 0.5) is 11.6 Å². The van der Waals surface area contributed by atoms with Gasteiger partial charge in [-0.05, 0) is 58.6 Å². The lowest BCUT2D eigenvalue weighted by Gasteiger charge is -2.34. The summed E-state index contributed by atoms with van der Waals surface area (Å²) in [7, 11) is -3.30. The van der Waals surface area contributed by atoms with Gasteiger partial charge >= 0.3 is 0 Å². The van der Waals surface area contributed by atoms with E-state index in [1.807, 2.05) is 31.2 Å². The summed E-state index contributed by atoms with van der Waals surface area (Å²) >= 11 is 0. The zero-order valence-electron chi connectivity index (χ0n) is 21.8. The summed E-state index contributed by atoms with van der Waals surface area (Å²) in [6.07, 6.45) is 6.04. The highest BCUT2D eigenvalue weighted by Gasteiger charge is 2.33. The number of hydrogen-bond donors (Lipinski definition) is 1. The molecule has 2 aliphatic rings. The minimum absolute atomic E-state index is 0.0253. The van der Waals surface area contributed by atoms with Crippen molar-refractivity contribution in [1.29, 1.82) is 0 Å². The van der Waals surface area contributed by atoms with Gasteiger partial charge < -0.3 is 19.7 Å². The van der Waals surface area contributed by atoms with Crippen molar-refractivity contribution in [3.63, 3.8) is 0 Å². The molecular weight excluding hydrogens is 494 g/mol. The molecule has 1 atom stereocenters. The SMILES string of the molecule is CCOc1ccccc1O[C@@H]1CCCN(c2cncc(NC(=O)C3CCN(S(=O)(=O)C(C)C)CC3)n2)C1. The molecule has 0 saturated carbocycles. The van der Waals surface area contributed by atoms with Crippen molar-refractivity contribution in [3.8, 4) is 11.5 Å². The zero-order valence-corrected chi connectivity index (χ0v) is 22.6. The number of ether oxygens (including phenoxy) is 2. The first kappa shape index (κ1) is 27.1. The minimum Gasteiger partial charge on any atom is -0.490 e. The van der Waals surface area contributed by atoms with Gasteiger partial charge in [0.15, 0.2) is 17.3 Å². The van der Waals surface area contributed by atoms with Crippen LogP contribution in [0.15, 0.2) is 36.7 Å². The van der Waals surface area contributed by atoms with E-state index >= 15 is 0 Å². The van der Waals surface area contributed by atoms with E-state index in [1.54, 1.807) is 20.0 Å². The maximum atomic E-state index is 12.9. The van der Waals surface area contributed by atoms with Crippen LogP contribution < -0.4 is 19.7 Å². The molecule has 4 rings (SSSR count). The monoisotopic (exact) mass is 531 g/mol. The van der Waals surface area contributed by atoms with Crippen LogP contribution in [0.2, 0.25) is 0 Å². The summed E-state index contributed by atoms with van der Waals surface area (Å²) in [6, 6.07) is 7.69. The van der Waals surface area contributed by atoms with Crippen LogP contribution in [0.25, 0.3) is 0 Å². The van der Waals surface area contributed by atoms with Crippen molar-refractivity contribution in [1.82, 2.24) is 14.3 Å². The summed E-state index contributed by atoms with van der Waals surface area (Å²) in [5, 5.41) is 2.42. The maximum absolute atomic E-state index is 12.9. The van der Waals surface area contributed by atoms with E-state index in [1.165, 1.54) is 10.5 Å². The average molecular weight is 532 g/mol. The smallest absolute Gasteiger partial charge is 0.228 e. The Morgan fingerprint density at radius 2 is 1.84 bits per heavy atom. The Hall–Kier alpha value is -2.92. The Bertz CT molecular complexity index is 1170. The molecule has 0 unspecified atom stereocenters. The summed E-state index contributed by atoms with van der Waals surface area (Å²) in [4.78, 5) is 24.0. The van der Waals surface area contributed by atoms with Crippen LogP contribution >= 0.6 is 0 Å². The van der Waals surface area contributed by atoms with Crippen molar-refractivity contribution in [2.75, 3.05) is 43.0 Å². The molecule has 2 saturated heterocycles. The topological polar surface area (TPSA) is 114 Å². The summed E-state index contributed by atoms with van der Waals surface area (Å²) in [5.74, 6) is 2.13. The molecule has 202 valence electrons. The lowest BCUT2D eigenvalue weighted by atomic mass is 9.97. The van der Waals surface area contributed by atoms with Crippen molar-refractivity contribution in [3.05, 3.63) is 36.7 Å². The molecule has 0 spiro atoms. The Morgan fingerprint density at radius 3 is 2.54 bits per heavy atom. The fourth-order valence-corrected chi connectivity index (χ4v) is 6.03. The second kappa shape index (κ2) is 12.1. The number of nitrogens with zero attached hydrogens (tertiary/aromatic N) is 4. The molecular formula is C26H37N5O5S. The standard InChI is InChI=1S/C26H37N5O5S/c1-4-35-22-9-5-6-10-23(22)36-21-8-7-13-30(18-21)25-17-27-16-24(28-25)29-26(32)20-11-14-31(15-12-20)37(33,34)19(2)3/h5-6,9-10,16-17,19-21H,4,7-8,11-15,18H2,1-3H3,(H,28,29,32)/t21-/m1/s1. The summed E-state index contributed by atoms with van der Waals surface area (Å²) < 4.78 is 38.3. The van der Waals surface area contributed by atoms with E-state index in [2.05, 4.69) is 20.2 Å². The molecule has 10 nitrogen and oxygen atoms in total. The lowest BCUT2D eigenvalue weighted by molar-refractivity contribution is -0.120. The second-order valence-corrected chi connectivity index (χ2v) is 12.2. The summed E-state index contributed by atoms with van der Waals surface area (Å²) in [5.41, 5.74) is 0. The molecule has 2 aromatic rings. The van der Waals surface area contributed by atoms with Crippen LogP contribution in [-0.2, 0) is 14.8 Å². The van der Waals surface area contributed by atoms with Crippen molar-refractivity contribution in [2.24, 2.45) is 5.92 Å². The number of hydrogen-bond acceptors (Lipinski definition) is 8. The molecule has 11 heteroatoms.